The van der Waals surface area contributed by atoms with E-state index in [2.05, 4.69) is 9.71 Å². The Morgan fingerprint density at radius 2 is 1.62 bits per heavy atom. The molecule has 0 spiro atoms. The highest BCUT2D eigenvalue weighted by molar-refractivity contribution is 7.92. The fourth-order valence-electron chi connectivity index (χ4n) is 3.13. The van der Waals surface area contributed by atoms with Gasteiger partial charge in [-0.3, -0.25) is 4.98 Å². The van der Waals surface area contributed by atoms with Crippen LogP contribution >= 0.6 is 0 Å². The average molecular weight is 481 g/mol. The van der Waals surface area contributed by atoms with E-state index >= 15 is 0 Å². The molecule has 1 atom stereocenters. The van der Waals surface area contributed by atoms with Crippen molar-refractivity contribution in [1.29, 1.82) is 0 Å². The van der Waals surface area contributed by atoms with Crippen molar-refractivity contribution in [2.75, 3.05) is 6.54 Å². The fourth-order valence-corrected chi connectivity index (χ4v) is 6.01. The van der Waals surface area contributed by atoms with Crippen LogP contribution in [0.1, 0.15) is 36.1 Å². The van der Waals surface area contributed by atoms with Gasteiger partial charge in [0.25, 0.3) is 0 Å². The van der Waals surface area contributed by atoms with Crippen molar-refractivity contribution < 1.29 is 25.6 Å². The molecule has 0 aliphatic heterocycles. The van der Waals surface area contributed by atoms with Crippen molar-refractivity contribution in [3.05, 3.63) is 89.8 Å². The molecule has 1 N–H and O–H groups in total. The van der Waals surface area contributed by atoms with Crippen molar-refractivity contribution in [3.8, 4) is 0 Å². The van der Waals surface area contributed by atoms with E-state index in [1.165, 1.54) is 36.7 Å². The van der Waals surface area contributed by atoms with Crippen LogP contribution in [0.3, 0.4) is 0 Å². The molecule has 6 nitrogen and oxygen atoms in total. The van der Waals surface area contributed by atoms with E-state index in [9.17, 15) is 25.6 Å². The van der Waals surface area contributed by atoms with Crippen LogP contribution in [0.2, 0.25) is 0 Å². The van der Waals surface area contributed by atoms with E-state index in [4.69, 9.17) is 0 Å². The lowest BCUT2D eigenvalue weighted by Crippen LogP contribution is -2.32. The van der Waals surface area contributed by atoms with Gasteiger partial charge in [-0.2, -0.15) is 0 Å². The van der Waals surface area contributed by atoms with Crippen LogP contribution in [0.4, 0.5) is 8.78 Å². The number of benzene rings is 2. The van der Waals surface area contributed by atoms with Gasteiger partial charge in [0.15, 0.2) is 9.84 Å². The minimum atomic E-state index is -4.53. The number of nitrogens with one attached hydrogen (secondary N) is 1. The van der Waals surface area contributed by atoms with Gasteiger partial charge in [0.05, 0.1) is 4.90 Å². The summed E-state index contributed by atoms with van der Waals surface area (Å²) in [5, 5.41) is -1.34. The van der Waals surface area contributed by atoms with E-state index in [-0.39, 0.29) is 16.4 Å². The van der Waals surface area contributed by atoms with Crippen LogP contribution in [0.25, 0.3) is 0 Å². The standard InChI is InChI=1S/C22H22F2N2O4S2/c1-15(2)16-5-8-19(9-6-16)31(27,28)22(17-4-3-11-25-13-17)14-26-32(29,30)21-12-18(23)7-10-20(21)24/h3-13,15,22,26H,14H2,1-2H3. The summed E-state index contributed by atoms with van der Waals surface area (Å²) in [6.07, 6.45) is 2.78. The maximum Gasteiger partial charge on any atom is 0.243 e. The van der Waals surface area contributed by atoms with Gasteiger partial charge in [-0.25, -0.2) is 30.3 Å². The lowest BCUT2D eigenvalue weighted by atomic mass is 10.0. The van der Waals surface area contributed by atoms with Crippen molar-refractivity contribution in [3.63, 3.8) is 0 Å². The quantitative estimate of drug-likeness (QED) is 0.527. The molecule has 0 saturated heterocycles. The molecule has 0 saturated carbocycles. The number of sulfone groups is 1. The molecular formula is C22H22F2N2O4S2. The molecule has 32 heavy (non-hydrogen) atoms. The lowest BCUT2D eigenvalue weighted by molar-refractivity contribution is 0.543. The monoisotopic (exact) mass is 480 g/mol. The molecule has 0 aliphatic carbocycles. The average Bonchev–Trinajstić information content (AvgIpc) is 2.76. The first kappa shape index (κ1) is 24.0. The second kappa shape index (κ2) is 9.43. The van der Waals surface area contributed by atoms with Crippen LogP contribution in [0, 0.1) is 11.6 Å². The third-order valence-electron chi connectivity index (χ3n) is 4.95. The largest absolute Gasteiger partial charge is 0.264 e. The molecule has 2 aromatic carbocycles. The first-order valence-electron chi connectivity index (χ1n) is 9.71. The summed E-state index contributed by atoms with van der Waals surface area (Å²) in [6, 6.07) is 11.4. The van der Waals surface area contributed by atoms with Gasteiger partial charge in [-0.15, -0.1) is 0 Å². The third-order valence-corrected chi connectivity index (χ3v) is 8.50. The van der Waals surface area contributed by atoms with Gasteiger partial charge in [-0.05, 0) is 53.4 Å². The summed E-state index contributed by atoms with van der Waals surface area (Å²) < 4.78 is 81.6. The number of halogens is 2. The number of aromatic nitrogens is 1. The highest BCUT2D eigenvalue weighted by atomic mass is 32.2. The van der Waals surface area contributed by atoms with Gasteiger partial charge in [0.2, 0.25) is 10.0 Å². The van der Waals surface area contributed by atoms with E-state index in [0.29, 0.717) is 12.1 Å². The lowest BCUT2D eigenvalue weighted by Gasteiger charge is -2.19. The number of sulfonamides is 1. The van der Waals surface area contributed by atoms with E-state index < -0.39 is 48.2 Å². The van der Waals surface area contributed by atoms with Crippen LogP contribution < -0.4 is 4.72 Å². The smallest absolute Gasteiger partial charge is 0.243 e. The van der Waals surface area contributed by atoms with Crippen LogP contribution in [0.5, 0.6) is 0 Å². The molecule has 0 radical (unpaired) electrons. The zero-order valence-corrected chi connectivity index (χ0v) is 19.0. The Morgan fingerprint density at radius 3 is 2.22 bits per heavy atom. The van der Waals surface area contributed by atoms with E-state index in [0.717, 1.165) is 11.6 Å². The van der Waals surface area contributed by atoms with Gasteiger partial charge >= 0.3 is 0 Å². The number of nitrogens with zero attached hydrogens (tertiary/aromatic N) is 1. The van der Waals surface area contributed by atoms with Crippen molar-refractivity contribution >= 4 is 19.9 Å². The van der Waals surface area contributed by atoms with Crippen molar-refractivity contribution in [2.45, 2.75) is 34.8 Å². The molecule has 3 rings (SSSR count). The fraction of sp³-hybridized carbons (Fsp3) is 0.227. The molecule has 0 aliphatic rings. The van der Waals surface area contributed by atoms with Crippen LogP contribution in [0.15, 0.2) is 76.8 Å². The molecule has 3 aromatic rings. The minimum absolute atomic E-state index is 0.00638. The summed E-state index contributed by atoms with van der Waals surface area (Å²) in [7, 11) is -8.58. The predicted molar refractivity (Wildman–Crippen MR) is 116 cm³/mol. The molecule has 1 aromatic heterocycles. The van der Waals surface area contributed by atoms with Crippen molar-refractivity contribution in [2.24, 2.45) is 0 Å². The predicted octanol–water partition coefficient (Wildman–Crippen LogP) is 3.98. The second-order valence-electron chi connectivity index (χ2n) is 7.47. The maximum absolute atomic E-state index is 14.0. The zero-order chi connectivity index (χ0) is 23.5. The first-order chi connectivity index (χ1) is 15.0. The molecule has 0 bridgehead atoms. The zero-order valence-electron chi connectivity index (χ0n) is 17.4. The Kier molecular flexibility index (Phi) is 7.06. The summed E-state index contributed by atoms with van der Waals surface area (Å²) in [4.78, 5) is 3.03. The van der Waals surface area contributed by atoms with Gasteiger partial charge in [0, 0.05) is 18.9 Å². The normalized spacial score (nSPS) is 13.3. The number of hydrogen-bond acceptors (Lipinski definition) is 5. The Labute approximate surface area is 186 Å². The molecule has 170 valence electrons. The molecule has 10 heteroatoms. The summed E-state index contributed by atoms with van der Waals surface area (Å²) in [6.45, 7) is 3.35. The Hall–Kier alpha value is -2.69. The number of hydrogen-bond donors (Lipinski definition) is 1. The van der Waals surface area contributed by atoms with E-state index in [1.54, 1.807) is 12.1 Å². The van der Waals surface area contributed by atoms with Crippen molar-refractivity contribution in [1.82, 2.24) is 9.71 Å². The number of rotatable bonds is 8. The second-order valence-corrected chi connectivity index (χ2v) is 11.3. The molecule has 0 fully saturated rings. The topological polar surface area (TPSA) is 93.2 Å². The highest BCUT2D eigenvalue weighted by Crippen LogP contribution is 2.30. The molecule has 0 amide bonds. The minimum Gasteiger partial charge on any atom is -0.264 e. The van der Waals surface area contributed by atoms with E-state index in [1.807, 2.05) is 13.8 Å². The van der Waals surface area contributed by atoms with Crippen LogP contribution in [-0.4, -0.2) is 28.4 Å². The Morgan fingerprint density at radius 1 is 0.938 bits per heavy atom. The number of pyridine rings is 1. The SMILES string of the molecule is CC(C)c1ccc(S(=O)(=O)C(CNS(=O)(=O)c2cc(F)ccc2F)c2cccnc2)cc1. The van der Waals surface area contributed by atoms with Gasteiger partial charge in [-0.1, -0.05) is 32.0 Å². The third kappa shape index (κ3) is 5.20. The summed E-state index contributed by atoms with van der Waals surface area (Å²) >= 11 is 0. The maximum atomic E-state index is 14.0. The van der Waals surface area contributed by atoms with Crippen LogP contribution in [-0.2, 0) is 19.9 Å². The summed E-state index contributed by atoms with van der Waals surface area (Å²) in [5.74, 6) is -1.88. The van der Waals surface area contributed by atoms with Gasteiger partial charge < -0.3 is 0 Å². The molecule has 1 unspecified atom stereocenters. The highest BCUT2D eigenvalue weighted by Gasteiger charge is 2.32. The Balaban J connectivity index is 1.98. The molecule has 1 heterocycles. The molecular weight excluding hydrogens is 458 g/mol. The first-order valence-corrected chi connectivity index (χ1v) is 12.7. The summed E-state index contributed by atoms with van der Waals surface area (Å²) in [5.41, 5.74) is 1.20. The van der Waals surface area contributed by atoms with Gasteiger partial charge in [0.1, 0.15) is 21.8 Å². The Bertz CT molecular complexity index is 1300.